The standard InChI is InChI=1S/C14H26N6/c1-4-6-12-13(18-15)16-10-17-14(12)20-8-7-19(5-2)11(3)9-20/h10-11H,4-9,15H2,1-3H3,(H,16,17,18). The third-order valence-corrected chi connectivity index (χ3v) is 4.03. The summed E-state index contributed by atoms with van der Waals surface area (Å²) in [5, 5.41) is 0. The molecule has 0 aromatic carbocycles. The fourth-order valence-corrected chi connectivity index (χ4v) is 2.94. The first-order valence-corrected chi connectivity index (χ1v) is 7.50. The number of hydrogen-bond acceptors (Lipinski definition) is 6. The molecule has 6 nitrogen and oxygen atoms in total. The van der Waals surface area contributed by atoms with Crippen LogP contribution in [0.4, 0.5) is 11.6 Å². The predicted octanol–water partition coefficient (Wildman–Crippen LogP) is 1.25. The van der Waals surface area contributed by atoms with Gasteiger partial charge in [-0.2, -0.15) is 0 Å². The number of nitrogens with one attached hydrogen (secondary N) is 1. The number of likely N-dealkylation sites (N-methyl/N-ethyl adjacent to an activating group) is 1. The molecule has 1 atom stereocenters. The highest BCUT2D eigenvalue weighted by Crippen LogP contribution is 2.26. The van der Waals surface area contributed by atoms with Crippen molar-refractivity contribution in [2.75, 3.05) is 36.5 Å². The van der Waals surface area contributed by atoms with Crippen molar-refractivity contribution in [3.05, 3.63) is 11.9 Å². The minimum Gasteiger partial charge on any atom is -0.353 e. The van der Waals surface area contributed by atoms with Crippen LogP contribution in [0.2, 0.25) is 0 Å². The van der Waals surface area contributed by atoms with Gasteiger partial charge in [0.05, 0.1) is 0 Å². The molecule has 6 heteroatoms. The summed E-state index contributed by atoms with van der Waals surface area (Å²) in [5.74, 6) is 7.37. The maximum Gasteiger partial charge on any atom is 0.148 e. The van der Waals surface area contributed by atoms with Crippen LogP contribution in [0.15, 0.2) is 6.33 Å². The van der Waals surface area contributed by atoms with E-state index < -0.39 is 0 Å². The van der Waals surface area contributed by atoms with Crippen LogP contribution in [-0.2, 0) is 6.42 Å². The normalized spacial score (nSPS) is 20.2. The molecule has 0 saturated carbocycles. The molecule has 20 heavy (non-hydrogen) atoms. The molecule has 0 bridgehead atoms. The molecule has 1 aliphatic heterocycles. The molecule has 112 valence electrons. The van der Waals surface area contributed by atoms with Gasteiger partial charge in [-0.05, 0) is 19.9 Å². The third-order valence-electron chi connectivity index (χ3n) is 4.03. The number of hydrogen-bond donors (Lipinski definition) is 2. The summed E-state index contributed by atoms with van der Waals surface area (Å²) in [6.45, 7) is 10.9. The zero-order valence-electron chi connectivity index (χ0n) is 12.8. The largest absolute Gasteiger partial charge is 0.353 e. The van der Waals surface area contributed by atoms with Gasteiger partial charge in [-0.25, -0.2) is 15.8 Å². The smallest absolute Gasteiger partial charge is 0.148 e. The molecular weight excluding hydrogens is 252 g/mol. The van der Waals surface area contributed by atoms with E-state index in [0.717, 1.165) is 56.2 Å². The minimum atomic E-state index is 0.549. The van der Waals surface area contributed by atoms with Gasteiger partial charge >= 0.3 is 0 Å². The number of nitrogen functional groups attached to an aromatic ring is 1. The average Bonchev–Trinajstić information content (AvgIpc) is 2.47. The lowest BCUT2D eigenvalue weighted by Crippen LogP contribution is -2.52. The van der Waals surface area contributed by atoms with E-state index in [1.165, 1.54) is 0 Å². The summed E-state index contributed by atoms with van der Waals surface area (Å²) >= 11 is 0. The summed E-state index contributed by atoms with van der Waals surface area (Å²) in [4.78, 5) is 13.6. The Morgan fingerprint density at radius 1 is 1.35 bits per heavy atom. The number of nitrogens with two attached hydrogens (primary N) is 1. The van der Waals surface area contributed by atoms with E-state index >= 15 is 0 Å². The Kier molecular flexibility index (Phi) is 5.14. The highest BCUT2D eigenvalue weighted by molar-refractivity contribution is 5.58. The quantitative estimate of drug-likeness (QED) is 0.624. The Hall–Kier alpha value is -1.40. The van der Waals surface area contributed by atoms with Gasteiger partial charge in [-0.3, -0.25) is 4.90 Å². The number of hydrazine groups is 1. The van der Waals surface area contributed by atoms with Crippen molar-refractivity contribution in [3.63, 3.8) is 0 Å². The Labute approximate surface area is 121 Å². The monoisotopic (exact) mass is 278 g/mol. The molecule has 1 aromatic rings. The fraction of sp³-hybridized carbons (Fsp3) is 0.714. The van der Waals surface area contributed by atoms with Gasteiger partial charge < -0.3 is 10.3 Å². The molecule has 1 fully saturated rings. The second-order valence-corrected chi connectivity index (χ2v) is 5.34. The summed E-state index contributed by atoms with van der Waals surface area (Å²) in [5.41, 5.74) is 3.84. The lowest BCUT2D eigenvalue weighted by Gasteiger charge is -2.40. The number of rotatable bonds is 5. The second-order valence-electron chi connectivity index (χ2n) is 5.34. The Morgan fingerprint density at radius 2 is 2.15 bits per heavy atom. The molecule has 1 saturated heterocycles. The summed E-state index contributed by atoms with van der Waals surface area (Å²) in [6.07, 6.45) is 3.60. The van der Waals surface area contributed by atoms with E-state index in [-0.39, 0.29) is 0 Å². The molecule has 1 aromatic heterocycles. The van der Waals surface area contributed by atoms with Crippen molar-refractivity contribution >= 4 is 11.6 Å². The van der Waals surface area contributed by atoms with Gasteiger partial charge in [0, 0.05) is 31.2 Å². The van der Waals surface area contributed by atoms with Crippen molar-refractivity contribution in [2.45, 2.75) is 39.7 Å². The molecule has 2 rings (SSSR count). The molecule has 3 N–H and O–H groups in total. The molecule has 2 heterocycles. The minimum absolute atomic E-state index is 0.549. The Morgan fingerprint density at radius 3 is 2.75 bits per heavy atom. The maximum atomic E-state index is 5.58. The number of aromatic nitrogens is 2. The molecular formula is C14H26N6. The molecule has 1 aliphatic rings. The predicted molar refractivity (Wildman–Crippen MR) is 82.8 cm³/mol. The van der Waals surface area contributed by atoms with Gasteiger partial charge in [-0.15, -0.1) is 0 Å². The van der Waals surface area contributed by atoms with Crippen LogP contribution in [0.1, 0.15) is 32.8 Å². The third kappa shape index (κ3) is 3.02. The second kappa shape index (κ2) is 6.85. The first-order valence-electron chi connectivity index (χ1n) is 7.50. The highest BCUT2D eigenvalue weighted by atomic mass is 15.3. The topological polar surface area (TPSA) is 70.3 Å². The van der Waals surface area contributed by atoms with Crippen LogP contribution < -0.4 is 16.2 Å². The van der Waals surface area contributed by atoms with Gasteiger partial charge in [0.2, 0.25) is 0 Å². The summed E-state index contributed by atoms with van der Waals surface area (Å²) in [7, 11) is 0. The zero-order valence-corrected chi connectivity index (χ0v) is 12.8. The van der Waals surface area contributed by atoms with Crippen molar-refractivity contribution in [2.24, 2.45) is 5.84 Å². The van der Waals surface area contributed by atoms with Gasteiger partial charge in [0.15, 0.2) is 0 Å². The van der Waals surface area contributed by atoms with Gasteiger partial charge in [0.1, 0.15) is 18.0 Å². The van der Waals surface area contributed by atoms with E-state index in [0.29, 0.717) is 6.04 Å². The van der Waals surface area contributed by atoms with Crippen molar-refractivity contribution in [3.8, 4) is 0 Å². The van der Waals surface area contributed by atoms with Crippen LogP contribution in [-0.4, -0.2) is 47.1 Å². The van der Waals surface area contributed by atoms with Crippen molar-refractivity contribution in [1.29, 1.82) is 0 Å². The van der Waals surface area contributed by atoms with E-state index in [2.05, 4.69) is 46.0 Å². The molecule has 0 spiro atoms. The first kappa shape index (κ1) is 15.0. The molecule has 0 radical (unpaired) electrons. The van der Waals surface area contributed by atoms with Gasteiger partial charge in [0.25, 0.3) is 0 Å². The first-order chi connectivity index (χ1) is 9.71. The van der Waals surface area contributed by atoms with Crippen LogP contribution in [0.5, 0.6) is 0 Å². The zero-order chi connectivity index (χ0) is 14.5. The van der Waals surface area contributed by atoms with Crippen LogP contribution in [0, 0.1) is 0 Å². The van der Waals surface area contributed by atoms with Crippen molar-refractivity contribution < 1.29 is 0 Å². The van der Waals surface area contributed by atoms with E-state index in [1.54, 1.807) is 6.33 Å². The molecule has 0 amide bonds. The SMILES string of the molecule is CCCc1c(NN)ncnc1N1CCN(CC)C(C)C1. The van der Waals surface area contributed by atoms with Crippen molar-refractivity contribution in [1.82, 2.24) is 14.9 Å². The Balaban J connectivity index is 2.24. The summed E-state index contributed by atoms with van der Waals surface area (Å²) < 4.78 is 0. The Bertz CT molecular complexity index is 436. The fourth-order valence-electron chi connectivity index (χ4n) is 2.94. The summed E-state index contributed by atoms with van der Waals surface area (Å²) in [6, 6.07) is 0.549. The van der Waals surface area contributed by atoms with Gasteiger partial charge in [-0.1, -0.05) is 20.3 Å². The number of piperazine rings is 1. The van der Waals surface area contributed by atoms with Crippen LogP contribution in [0.25, 0.3) is 0 Å². The highest BCUT2D eigenvalue weighted by Gasteiger charge is 2.25. The maximum absolute atomic E-state index is 5.58. The van der Waals surface area contributed by atoms with E-state index in [4.69, 9.17) is 5.84 Å². The molecule has 0 aliphatic carbocycles. The number of anilines is 2. The van der Waals surface area contributed by atoms with E-state index in [1.807, 2.05) is 0 Å². The number of nitrogens with zero attached hydrogens (tertiary/aromatic N) is 4. The molecule has 1 unspecified atom stereocenters. The van der Waals surface area contributed by atoms with Crippen LogP contribution in [0.3, 0.4) is 0 Å². The lowest BCUT2D eigenvalue weighted by atomic mass is 10.1. The lowest BCUT2D eigenvalue weighted by molar-refractivity contribution is 0.199. The van der Waals surface area contributed by atoms with Crippen LogP contribution >= 0.6 is 0 Å². The average molecular weight is 278 g/mol. The van der Waals surface area contributed by atoms with E-state index in [9.17, 15) is 0 Å².